The molecule has 5 heteroatoms. The molecule has 0 atom stereocenters. The van der Waals surface area contributed by atoms with Crippen molar-refractivity contribution < 1.29 is 9.59 Å². The Kier molecular flexibility index (Phi) is 7.29. The maximum Gasteiger partial charge on any atom is 0.221 e. The van der Waals surface area contributed by atoms with Gasteiger partial charge in [-0.05, 0) is 30.5 Å². The summed E-state index contributed by atoms with van der Waals surface area (Å²) in [6, 6.07) is 7.43. The van der Waals surface area contributed by atoms with E-state index in [0.29, 0.717) is 18.9 Å². The highest BCUT2D eigenvalue weighted by atomic mass is 16.2. The Labute approximate surface area is 126 Å². The lowest BCUT2D eigenvalue weighted by atomic mass is 10.1. The second-order valence-corrected chi connectivity index (χ2v) is 5.47. The molecule has 0 unspecified atom stereocenters. The van der Waals surface area contributed by atoms with Gasteiger partial charge in [0.1, 0.15) is 0 Å². The first kappa shape index (κ1) is 17.0. The van der Waals surface area contributed by atoms with Crippen LogP contribution in [0.5, 0.6) is 0 Å². The van der Waals surface area contributed by atoms with Crippen LogP contribution >= 0.6 is 0 Å². The van der Waals surface area contributed by atoms with E-state index in [0.717, 1.165) is 24.3 Å². The van der Waals surface area contributed by atoms with E-state index in [2.05, 4.69) is 29.8 Å². The molecule has 1 aromatic rings. The lowest BCUT2D eigenvalue weighted by molar-refractivity contribution is -0.120. The standard InChI is InChI=1S/C16H25N3O2/c1-12(2)7-9-18-16(21)8-10-17-14-5-4-6-15(11-14)19-13(3)20/h4-6,11-12,17H,7-10H2,1-3H3,(H,18,21)(H,19,20). The third-order valence-electron chi connectivity index (χ3n) is 2.91. The highest BCUT2D eigenvalue weighted by Gasteiger charge is 2.02. The zero-order valence-electron chi connectivity index (χ0n) is 13.0. The SMILES string of the molecule is CC(=O)Nc1cccc(NCCC(=O)NCCC(C)C)c1. The Hall–Kier alpha value is -2.04. The first-order valence-electron chi connectivity index (χ1n) is 7.35. The van der Waals surface area contributed by atoms with Crippen LogP contribution in [-0.4, -0.2) is 24.9 Å². The van der Waals surface area contributed by atoms with Crippen molar-refractivity contribution in [2.45, 2.75) is 33.6 Å². The monoisotopic (exact) mass is 291 g/mol. The van der Waals surface area contributed by atoms with Gasteiger partial charge < -0.3 is 16.0 Å². The minimum absolute atomic E-state index is 0.0566. The van der Waals surface area contributed by atoms with E-state index in [1.807, 2.05) is 24.3 Å². The Morgan fingerprint density at radius 2 is 1.86 bits per heavy atom. The smallest absolute Gasteiger partial charge is 0.221 e. The average Bonchev–Trinajstić information content (AvgIpc) is 2.38. The molecule has 0 spiro atoms. The Balaban J connectivity index is 2.28. The summed E-state index contributed by atoms with van der Waals surface area (Å²) in [4.78, 5) is 22.6. The Bertz CT molecular complexity index is 472. The molecule has 0 bridgehead atoms. The molecule has 0 saturated heterocycles. The molecule has 0 aromatic heterocycles. The fourth-order valence-electron chi connectivity index (χ4n) is 1.82. The molecule has 0 heterocycles. The van der Waals surface area contributed by atoms with Gasteiger partial charge in [-0.3, -0.25) is 9.59 Å². The van der Waals surface area contributed by atoms with Gasteiger partial charge >= 0.3 is 0 Å². The van der Waals surface area contributed by atoms with Crippen molar-refractivity contribution >= 4 is 23.2 Å². The molecule has 1 rings (SSSR count). The molecule has 21 heavy (non-hydrogen) atoms. The van der Waals surface area contributed by atoms with Crippen LogP contribution in [0.15, 0.2) is 24.3 Å². The zero-order chi connectivity index (χ0) is 15.7. The zero-order valence-corrected chi connectivity index (χ0v) is 13.0. The lowest BCUT2D eigenvalue weighted by Crippen LogP contribution is -2.27. The molecule has 116 valence electrons. The molecule has 2 amide bonds. The van der Waals surface area contributed by atoms with Crippen molar-refractivity contribution in [1.29, 1.82) is 0 Å². The molecule has 5 nitrogen and oxygen atoms in total. The van der Waals surface area contributed by atoms with Crippen molar-refractivity contribution in [1.82, 2.24) is 5.32 Å². The molecule has 0 saturated carbocycles. The fourth-order valence-corrected chi connectivity index (χ4v) is 1.82. The van der Waals surface area contributed by atoms with E-state index >= 15 is 0 Å². The second kappa shape index (κ2) is 9.00. The summed E-state index contributed by atoms with van der Waals surface area (Å²) in [5, 5.41) is 8.80. The van der Waals surface area contributed by atoms with E-state index in [9.17, 15) is 9.59 Å². The van der Waals surface area contributed by atoms with Crippen LogP contribution in [0.4, 0.5) is 11.4 Å². The van der Waals surface area contributed by atoms with Crippen LogP contribution in [0.2, 0.25) is 0 Å². The van der Waals surface area contributed by atoms with Gasteiger partial charge in [0, 0.05) is 37.8 Å². The summed E-state index contributed by atoms with van der Waals surface area (Å²) < 4.78 is 0. The van der Waals surface area contributed by atoms with Crippen LogP contribution in [-0.2, 0) is 9.59 Å². The molecule has 0 aliphatic rings. The van der Waals surface area contributed by atoms with Crippen molar-refractivity contribution in [3.63, 3.8) is 0 Å². The van der Waals surface area contributed by atoms with Crippen LogP contribution < -0.4 is 16.0 Å². The molecule has 3 N–H and O–H groups in total. The van der Waals surface area contributed by atoms with Crippen molar-refractivity contribution in [3.8, 4) is 0 Å². The van der Waals surface area contributed by atoms with Crippen LogP contribution in [0.25, 0.3) is 0 Å². The number of hydrogen-bond acceptors (Lipinski definition) is 3. The Morgan fingerprint density at radius 1 is 1.14 bits per heavy atom. The van der Waals surface area contributed by atoms with E-state index in [1.54, 1.807) is 0 Å². The number of rotatable bonds is 8. The van der Waals surface area contributed by atoms with Crippen LogP contribution in [0.3, 0.4) is 0 Å². The maximum absolute atomic E-state index is 11.6. The first-order valence-corrected chi connectivity index (χ1v) is 7.35. The maximum atomic E-state index is 11.6. The molecule has 0 aliphatic carbocycles. The minimum Gasteiger partial charge on any atom is -0.384 e. The van der Waals surface area contributed by atoms with Crippen molar-refractivity contribution in [2.75, 3.05) is 23.7 Å². The summed E-state index contributed by atoms with van der Waals surface area (Å²) in [5.74, 6) is 0.554. The highest BCUT2D eigenvalue weighted by Crippen LogP contribution is 2.14. The number of carbonyl (C=O) groups excluding carboxylic acids is 2. The van der Waals surface area contributed by atoms with Gasteiger partial charge in [0.25, 0.3) is 0 Å². The van der Waals surface area contributed by atoms with Crippen LogP contribution in [0, 0.1) is 5.92 Å². The molecular weight excluding hydrogens is 266 g/mol. The molecule has 1 aromatic carbocycles. The minimum atomic E-state index is -0.100. The number of anilines is 2. The number of amides is 2. The molecule has 0 aliphatic heterocycles. The van der Waals surface area contributed by atoms with E-state index < -0.39 is 0 Å². The fraction of sp³-hybridized carbons (Fsp3) is 0.500. The quantitative estimate of drug-likeness (QED) is 0.689. The molecule has 0 fully saturated rings. The lowest BCUT2D eigenvalue weighted by Gasteiger charge is -2.10. The number of hydrogen-bond donors (Lipinski definition) is 3. The van der Waals surface area contributed by atoms with Gasteiger partial charge in [-0.2, -0.15) is 0 Å². The predicted octanol–water partition coefficient (Wildman–Crippen LogP) is 2.61. The summed E-state index contributed by atoms with van der Waals surface area (Å²) in [7, 11) is 0. The molecular formula is C16H25N3O2. The number of benzene rings is 1. The van der Waals surface area contributed by atoms with E-state index in [4.69, 9.17) is 0 Å². The third kappa shape index (κ3) is 7.97. The average molecular weight is 291 g/mol. The summed E-state index contributed by atoms with van der Waals surface area (Å²) in [6.07, 6.45) is 1.43. The van der Waals surface area contributed by atoms with Gasteiger partial charge in [0.05, 0.1) is 0 Å². The highest BCUT2D eigenvalue weighted by molar-refractivity contribution is 5.89. The van der Waals surface area contributed by atoms with Crippen molar-refractivity contribution in [2.24, 2.45) is 5.92 Å². The Morgan fingerprint density at radius 3 is 2.52 bits per heavy atom. The second-order valence-electron chi connectivity index (χ2n) is 5.47. The molecule has 0 radical (unpaired) electrons. The first-order chi connectivity index (χ1) is 9.97. The third-order valence-corrected chi connectivity index (χ3v) is 2.91. The van der Waals surface area contributed by atoms with Gasteiger partial charge in [-0.25, -0.2) is 0 Å². The number of nitrogens with one attached hydrogen (secondary N) is 3. The van der Waals surface area contributed by atoms with Gasteiger partial charge in [0.2, 0.25) is 11.8 Å². The van der Waals surface area contributed by atoms with Crippen LogP contribution in [0.1, 0.15) is 33.6 Å². The predicted molar refractivity (Wildman–Crippen MR) is 86.3 cm³/mol. The summed E-state index contributed by atoms with van der Waals surface area (Å²) in [5.41, 5.74) is 1.63. The normalized spacial score (nSPS) is 10.3. The topological polar surface area (TPSA) is 70.2 Å². The van der Waals surface area contributed by atoms with Gasteiger partial charge in [0.15, 0.2) is 0 Å². The number of carbonyl (C=O) groups is 2. The van der Waals surface area contributed by atoms with Gasteiger partial charge in [-0.15, -0.1) is 0 Å². The van der Waals surface area contributed by atoms with Crippen molar-refractivity contribution in [3.05, 3.63) is 24.3 Å². The summed E-state index contributed by atoms with van der Waals surface area (Å²) >= 11 is 0. The van der Waals surface area contributed by atoms with E-state index in [1.165, 1.54) is 6.92 Å². The summed E-state index contributed by atoms with van der Waals surface area (Å²) in [6.45, 7) is 7.04. The largest absolute Gasteiger partial charge is 0.384 e. The van der Waals surface area contributed by atoms with E-state index in [-0.39, 0.29) is 11.8 Å². The van der Waals surface area contributed by atoms with Gasteiger partial charge in [-0.1, -0.05) is 19.9 Å².